The molecule has 0 aliphatic carbocycles. The predicted molar refractivity (Wildman–Crippen MR) is 205 cm³/mol. The number of aromatic amines is 2. The average Bonchev–Trinajstić information content (AvgIpc) is 3.54. The summed E-state index contributed by atoms with van der Waals surface area (Å²) in [5, 5.41) is 58.5. The van der Waals surface area contributed by atoms with Gasteiger partial charge in [0.2, 0.25) is 0 Å². The fraction of sp³-hybridized carbons (Fsp3) is 0. The monoisotopic (exact) mass is 919 g/mol. The molecule has 0 amide bonds. The van der Waals surface area contributed by atoms with Crippen molar-refractivity contribution >= 4 is 91.1 Å². The van der Waals surface area contributed by atoms with Gasteiger partial charge < -0.3 is 10.2 Å². The molecule has 1 heterocycles. The maximum Gasteiger partial charge on any atom is 0.297 e. The fourth-order valence-electron chi connectivity index (χ4n) is 5.38. The Morgan fingerprint density at radius 2 is 1.02 bits per heavy atom. The minimum atomic E-state index is -5.50. The molecule has 0 aliphatic rings. The molecule has 0 spiro atoms. The number of nitro groups is 1. The zero-order valence-corrected chi connectivity index (χ0v) is 32.7. The maximum atomic E-state index is 12.5. The van der Waals surface area contributed by atoms with Gasteiger partial charge in [-0.05, 0) is 41.8 Å². The highest BCUT2D eigenvalue weighted by Crippen LogP contribution is 2.50. The van der Waals surface area contributed by atoms with E-state index in [1.54, 1.807) is 30.3 Å². The number of aromatic nitrogens is 2. The van der Waals surface area contributed by atoms with Crippen LogP contribution in [0.1, 0.15) is 0 Å². The number of aromatic hydroxyl groups is 2. The Hall–Kier alpha value is -7.19. The second-order valence-corrected chi connectivity index (χ2v) is 17.5. The van der Waals surface area contributed by atoms with Crippen LogP contribution in [0.25, 0.3) is 22.0 Å². The Morgan fingerprint density at radius 1 is 0.541 bits per heavy atom. The molecule has 26 nitrogen and oxygen atoms in total. The molecule has 8 N–H and O–H groups in total. The van der Waals surface area contributed by atoms with Crippen LogP contribution in [-0.4, -0.2) is 77.2 Å². The van der Waals surface area contributed by atoms with Gasteiger partial charge in [-0.3, -0.25) is 43.3 Å². The molecule has 0 saturated heterocycles. The van der Waals surface area contributed by atoms with Crippen LogP contribution in [0.3, 0.4) is 0 Å². The first kappa shape index (κ1) is 43.4. The van der Waals surface area contributed by atoms with Crippen molar-refractivity contribution in [3.05, 3.63) is 99.3 Å². The SMILES string of the molecule is O=c1[nH][nH]c(-c2ccccc2)c1N=Nc1ccc(N=Nc2c(S(=O)(=O)O)cc3cc(S(=O)(=O)O)c(N=Nc4ccc([N+](=O)[O-])cc4S(=O)(=O)O)c(O)c3c2O)c(S(=O)(=O)O)c1. The third-order valence-corrected chi connectivity index (χ3v) is 11.6. The van der Waals surface area contributed by atoms with Crippen molar-refractivity contribution in [2.45, 2.75) is 19.6 Å². The van der Waals surface area contributed by atoms with E-state index in [4.69, 9.17) is 0 Å². The van der Waals surface area contributed by atoms with Crippen molar-refractivity contribution in [3.8, 4) is 22.8 Å². The van der Waals surface area contributed by atoms with Crippen LogP contribution in [0.15, 0.2) is 134 Å². The Labute approximate surface area is 339 Å². The summed E-state index contributed by atoms with van der Waals surface area (Å²) in [5.74, 6) is -2.89. The first-order chi connectivity index (χ1) is 28.4. The van der Waals surface area contributed by atoms with Crippen LogP contribution in [0.2, 0.25) is 0 Å². The molecule has 5 aromatic carbocycles. The lowest BCUT2D eigenvalue weighted by Gasteiger charge is -2.13. The molecular weight excluding hydrogens is 899 g/mol. The lowest BCUT2D eigenvalue weighted by Crippen LogP contribution is -2.02. The van der Waals surface area contributed by atoms with Gasteiger partial charge in [-0.1, -0.05) is 30.3 Å². The van der Waals surface area contributed by atoms with E-state index in [0.717, 1.165) is 12.1 Å². The fourth-order valence-corrected chi connectivity index (χ4v) is 7.98. The van der Waals surface area contributed by atoms with Crippen LogP contribution in [0.4, 0.5) is 39.8 Å². The van der Waals surface area contributed by atoms with Gasteiger partial charge in [0.1, 0.15) is 42.3 Å². The average molecular weight is 920 g/mol. The van der Waals surface area contributed by atoms with E-state index in [0.29, 0.717) is 42.0 Å². The van der Waals surface area contributed by atoms with Gasteiger partial charge in [0.05, 0.1) is 21.7 Å². The van der Waals surface area contributed by atoms with Crippen LogP contribution in [0, 0.1) is 10.1 Å². The number of nitrogens with one attached hydrogen (secondary N) is 2. The first-order valence-electron chi connectivity index (χ1n) is 15.9. The molecule has 1 aromatic heterocycles. The van der Waals surface area contributed by atoms with E-state index >= 15 is 0 Å². The number of hydrogen-bond donors (Lipinski definition) is 8. The molecular formula is C31H21N9O17S4. The van der Waals surface area contributed by atoms with Crippen molar-refractivity contribution < 1.29 is 67.0 Å². The zero-order chi connectivity index (χ0) is 44.8. The summed E-state index contributed by atoms with van der Waals surface area (Å²) in [5.41, 5.74) is -5.55. The third-order valence-electron chi connectivity index (χ3n) is 8.06. The Morgan fingerprint density at radius 3 is 1.51 bits per heavy atom. The molecule has 0 fully saturated rings. The van der Waals surface area contributed by atoms with Crippen molar-refractivity contribution in [1.82, 2.24) is 10.2 Å². The van der Waals surface area contributed by atoms with Gasteiger partial charge in [0, 0.05) is 17.7 Å². The summed E-state index contributed by atoms with van der Waals surface area (Å²) in [7, 11) is -21.5. The standard InChI is InChI=1S/C31H21N9O17S4/c41-29-24-15(11-23(61(55,56)57)27(30(24)42)37-34-19-9-7-17(40(44)45)13-21(19)59(49,50)51)10-22(60(52,53)54)26(29)36-33-18-8-6-16(12-20(18)58(46,47)48)32-38-28-25(35-39-31(28)43)14-4-2-1-3-5-14/h1-13,41-42H,(H2,35,39,43)(H,46,47,48)(H,49,50,51)(H,52,53,54)(H,55,56,57). The normalized spacial score (nSPS) is 12.9. The molecule has 30 heteroatoms. The quantitative estimate of drug-likeness (QED) is 0.0298. The van der Waals surface area contributed by atoms with Gasteiger partial charge in [0.25, 0.3) is 51.7 Å². The Bertz CT molecular complexity index is 3440. The number of benzene rings is 5. The number of non-ortho nitro benzene ring substituents is 1. The van der Waals surface area contributed by atoms with E-state index < -0.39 is 121 Å². The lowest BCUT2D eigenvalue weighted by atomic mass is 10.1. The van der Waals surface area contributed by atoms with E-state index in [1.165, 1.54) is 0 Å². The number of azo groups is 3. The van der Waals surface area contributed by atoms with Crippen molar-refractivity contribution in [1.29, 1.82) is 0 Å². The molecule has 6 rings (SSSR count). The number of fused-ring (bicyclic) bond motifs is 1. The summed E-state index contributed by atoms with van der Waals surface area (Å²) in [4.78, 5) is 17.5. The number of phenolic OH excluding ortho intramolecular Hbond substituents is 2. The minimum Gasteiger partial charge on any atom is -0.505 e. The highest BCUT2D eigenvalue weighted by atomic mass is 32.2. The highest BCUT2D eigenvalue weighted by molar-refractivity contribution is 7.86. The number of nitro benzene ring substituents is 1. The van der Waals surface area contributed by atoms with Gasteiger partial charge in [0.15, 0.2) is 17.2 Å². The molecule has 0 unspecified atom stereocenters. The van der Waals surface area contributed by atoms with Crippen molar-refractivity contribution in [2.24, 2.45) is 30.7 Å². The molecule has 6 aromatic rings. The summed E-state index contributed by atoms with van der Waals surface area (Å²) < 4.78 is 138. The van der Waals surface area contributed by atoms with Crippen LogP contribution >= 0.6 is 0 Å². The minimum absolute atomic E-state index is 0.214. The number of nitrogens with zero attached hydrogens (tertiary/aromatic N) is 7. The second kappa shape index (κ2) is 15.8. The van der Waals surface area contributed by atoms with Gasteiger partial charge in [-0.25, -0.2) is 0 Å². The molecule has 0 atom stereocenters. The van der Waals surface area contributed by atoms with E-state index in [9.17, 15) is 77.0 Å². The molecule has 0 aliphatic heterocycles. The second-order valence-electron chi connectivity index (χ2n) is 12.0. The molecule has 0 saturated carbocycles. The van der Waals surface area contributed by atoms with Crippen molar-refractivity contribution in [2.75, 3.05) is 0 Å². The van der Waals surface area contributed by atoms with Crippen LogP contribution in [-0.2, 0) is 40.5 Å². The first-order valence-corrected chi connectivity index (χ1v) is 21.6. The summed E-state index contributed by atoms with van der Waals surface area (Å²) in [6.45, 7) is 0. The van der Waals surface area contributed by atoms with Gasteiger partial charge in [-0.15, -0.1) is 25.6 Å². The van der Waals surface area contributed by atoms with E-state index in [1.807, 2.05) is 0 Å². The van der Waals surface area contributed by atoms with E-state index in [-0.39, 0.29) is 17.1 Å². The molecule has 61 heavy (non-hydrogen) atoms. The lowest BCUT2D eigenvalue weighted by molar-refractivity contribution is -0.385. The summed E-state index contributed by atoms with van der Waals surface area (Å²) >= 11 is 0. The zero-order valence-electron chi connectivity index (χ0n) is 29.4. The summed E-state index contributed by atoms with van der Waals surface area (Å²) in [6.07, 6.45) is 0. The van der Waals surface area contributed by atoms with Crippen molar-refractivity contribution in [3.63, 3.8) is 0 Å². The van der Waals surface area contributed by atoms with Crippen LogP contribution < -0.4 is 5.56 Å². The largest absolute Gasteiger partial charge is 0.505 e. The Kier molecular flexibility index (Phi) is 11.2. The van der Waals surface area contributed by atoms with E-state index in [2.05, 4.69) is 40.9 Å². The number of H-pyrrole nitrogens is 2. The van der Waals surface area contributed by atoms with Gasteiger partial charge >= 0.3 is 0 Å². The maximum absolute atomic E-state index is 12.5. The topological polar surface area (TPSA) is 424 Å². The third kappa shape index (κ3) is 9.04. The predicted octanol–water partition coefficient (Wildman–Crippen LogP) is 6.08. The number of rotatable bonds is 12. The molecule has 0 bridgehead atoms. The van der Waals surface area contributed by atoms with Crippen LogP contribution in [0.5, 0.6) is 11.5 Å². The van der Waals surface area contributed by atoms with Gasteiger partial charge in [-0.2, -0.15) is 38.8 Å². The number of phenols is 2. The number of hydrogen-bond acceptors (Lipinski definition) is 19. The smallest absolute Gasteiger partial charge is 0.297 e. The Balaban J connectivity index is 1.50. The summed E-state index contributed by atoms with van der Waals surface area (Å²) in [6, 6.07) is 13.5. The highest BCUT2D eigenvalue weighted by Gasteiger charge is 2.30. The molecule has 316 valence electrons. The molecule has 0 radical (unpaired) electrons.